The van der Waals surface area contributed by atoms with E-state index >= 15 is 0 Å². The van der Waals surface area contributed by atoms with E-state index in [1.807, 2.05) is 0 Å². The quantitative estimate of drug-likeness (QED) is 0.521. The van der Waals surface area contributed by atoms with Crippen LogP contribution in [0.3, 0.4) is 0 Å². The average molecular weight is 279 g/mol. The van der Waals surface area contributed by atoms with E-state index in [9.17, 15) is 9.59 Å². The highest BCUT2D eigenvalue weighted by molar-refractivity contribution is 7.80. The Balaban J connectivity index is 0.000000550. The fraction of sp³-hybridized carbons (Fsp3) is 0.467. The molecule has 0 atom stereocenters. The van der Waals surface area contributed by atoms with Gasteiger partial charge < -0.3 is 0 Å². The van der Waals surface area contributed by atoms with Crippen LogP contribution in [0.1, 0.15) is 53.8 Å². The van der Waals surface area contributed by atoms with E-state index in [1.165, 1.54) is 11.3 Å². The lowest BCUT2D eigenvalue weighted by Gasteiger charge is -2.12. The number of amides is 2. The summed E-state index contributed by atoms with van der Waals surface area (Å²) in [6, 6.07) is 6.96. The first-order chi connectivity index (χ1) is 9.17. The Morgan fingerprint density at radius 1 is 1.00 bits per heavy atom. The highest BCUT2D eigenvalue weighted by atomic mass is 32.1. The zero-order valence-corrected chi connectivity index (χ0v) is 12.5. The smallest absolute Gasteiger partial charge is 0.261 e. The number of benzene rings is 1. The summed E-state index contributed by atoms with van der Waals surface area (Å²) in [5.41, 5.74) is 1.05. The molecule has 0 aromatic heterocycles. The number of imide groups is 1. The zero-order valence-electron chi connectivity index (χ0n) is 11.6. The molecule has 2 rings (SSSR count). The Morgan fingerprint density at radius 2 is 1.47 bits per heavy atom. The fourth-order valence-corrected chi connectivity index (χ4v) is 2.05. The number of unbranched alkanes of at least 4 members (excludes halogenated alkanes) is 1. The molecule has 0 unspecified atom stereocenters. The van der Waals surface area contributed by atoms with Gasteiger partial charge in [0.05, 0.1) is 11.1 Å². The first kappa shape index (κ1) is 15.8. The Bertz CT molecular complexity index is 411. The van der Waals surface area contributed by atoms with Crippen molar-refractivity contribution < 1.29 is 9.59 Å². The number of nitrogens with zero attached hydrogens (tertiary/aromatic N) is 1. The van der Waals surface area contributed by atoms with Gasteiger partial charge in [-0.15, -0.1) is 0 Å². The van der Waals surface area contributed by atoms with Crippen LogP contribution in [0.4, 0.5) is 0 Å². The molecule has 104 valence electrons. The van der Waals surface area contributed by atoms with Crippen molar-refractivity contribution in [1.29, 1.82) is 0 Å². The van der Waals surface area contributed by atoms with Crippen LogP contribution >= 0.6 is 12.6 Å². The molecule has 19 heavy (non-hydrogen) atoms. The van der Waals surface area contributed by atoms with E-state index in [2.05, 4.69) is 26.5 Å². The summed E-state index contributed by atoms with van der Waals surface area (Å²) >= 11 is 4.10. The van der Waals surface area contributed by atoms with Crippen LogP contribution in [0.2, 0.25) is 0 Å². The van der Waals surface area contributed by atoms with Gasteiger partial charge in [-0.1, -0.05) is 32.4 Å². The molecule has 0 bridgehead atoms. The SMILES string of the molecule is CCC.O=C1c2ccccc2C(=O)N1CCCCS. The van der Waals surface area contributed by atoms with Crippen molar-refractivity contribution in [3.05, 3.63) is 35.4 Å². The number of fused-ring (bicyclic) bond motifs is 1. The molecule has 0 fully saturated rings. The standard InChI is InChI=1S/C12H13NO2S.C3H8/c14-11-9-5-1-2-6-10(9)12(15)13(11)7-3-4-8-16;1-3-2/h1-2,5-6,16H,3-4,7-8H2;3H2,1-2H3. The van der Waals surface area contributed by atoms with Crippen molar-refractivity contribution in [2.45, 2.75) is 33.1 Å². The number of rotatable bonds is 4. The van der Waals surface area contributed by atoms with Crippen LogP contribution in [-0.4, -0.2) is 29.0 Å². The first-order valence-electron chi connectivity index (χ1n) is 6.73. The second-order valence-corrected chi connectivity index (χ2v) is 4.89. The molecule has 0 saturated heterocycles. The van der Waals surface area contributed by atoms with Crippen LogP contribution in [0.5, 0.6) is 0 Å². The third-order valence-electron chi connectivity index (χ3n) is 2.67. The number of carbonyl (C=O) groups excluding carboxylic acids is 2. The summed E-state index contributed by atoms with van der Waals surface area (Å²) in [6.45, 7) is 4.74. The Hall–Kier alpha value is -1.29. The molecule has 4 heteroatoms. The van der Waals surface area contributed by atoms with E-state index in [1.54, 1.807) is 24.3 Å². The normalized spacial score (nSPS) is 13.1. The second kappa shape index (κ2) is 8.00. The van der Waals surface area contributed by atoms with Crippen molar-refractivity contribution in [2.75, 3.05) is 12.3 Å². The number of hydrogen-bond acceptors (Lipinski definition) is 3. The molecule has 3 nitrogen and oxygen atoms in total. The van der Waals surface area contributed by atoms with E-state index in [4.69, 9.17) is 0 Å². The van der Waals surface area contributed by atoms with E-state index in [0.717, 1.165) is 18.6 Å². The van der Waals surface area contributed by atoms with Crippen molar-refractivity contribution in [2.24, 2.45) is 0 Å². The van der Waals surface area contributed by atoms with Gasteiger partial charge in [-0.3, -0.25) is 14.5 Å². The molecule has 0 spiro atoms. The summed E-state index contributed by atoms with van der Waals surface area (Å²) in [7, 11) is 0. The van der Waals surface area contributed by atoms with Gasteiger partial charge in [-0.25, -0.2) is 0 Å². The minimum atomic E-state index is -0.167. The van der Waals surface area contributed by atoms with Crippen molar-refractivity contribution in [3.63, 3.8) is 0 Å². The molecule has 1 aliphatic rings. The predicted molar refractivity (Wildman–Crippen MR) is 80.9 cm³/mol. The highest BCUT2D eigenvalue weighted by Gasteiger charge is 2.34. The lowest BCUT2D eigenvalue weighted by molar-refractivity contribution is 0.0652. The summed E-state index contributed by atoms with van der Waals surface area (Å²) in [6.07, 6.45) is 2.98. The van der Waals surface area contributed by atoms with Gasteiger partial charge in [0.1, 0.15) is 0 Å². The Labute approximate surface area is 120 Å². The molecule has 0 aliphatic carbocycles. The van der Waals surface area contributed by atoms with Crippen molar-refractivity contribution >= 4 is 24.4 Å². The molecular weight excluding hydrogens is 258 g/mol. The molecule has 1 heterocycles. The Morgan fingerprint density at radius 3 is 1.89 bits per heavy atom. The minimum Gasteiger partial charge on any atom is -0.274 e. The van der Waals surface area contributed by atoms with Crippen LogP contribution in [0, 0.1) is 0 Å². The maximum atomic E-state index is 11.9. The first-order valence-corrected chi connectivity index (χ1v) is 7.36. The molecule has 0 radical (unpaired) electrons. The van der Waals surface area contributed by atoms with E-state index in [-0.39, 0.29) is 11.8 Å². The maximum absolute atomic E-state index is 11.9. The number of hydrogen-bond donors (Lipinski definition) is 1. The Kier molecular flexibility index (Phi) is 6.64. The molecule has 1 aromatic rings. The van der Waals surface area contributed by atoms with E-state index in [0.29, 0.717) is 17.7 Å². The predicted octanol–water partition coefficient (Wildman–Crippen LogP) is 3.41. The third-order valence-corrected chi connectivity index (χ3v) is 2.98. The zero-order chi connectivity index (χ0) is 14.3. The van der Waals surface area contributed by atoms with Crippen LogP contribution in [0.15, 0.2) is 24.3 Å². The molecule has 1 aromatic carbocycles. The highest BCUT2D eigenvalue weighted by Crippen LogP contribution is 2.22. The van der Waals surface area contributed by atoms with Gasteiger partial charge >= 0.3 is 0 Å². The van der Waals surface area contributed by atoms with Crippen LogP contribution < -0.4 is 0 Å². The van der Waals surface area contributed by atoms with Gasteiger partial charge in [0.15, 0.2) is 0 Å². The third kappa shape index (κ3) is 3.83. The van der Waals surface area contributed by atoms with Crippen molar-refractivity contribution in [1.82, 2.24) is 4.90 Å². The number of carbonyl (C=O) groups is 2. The summed E-state index contributed by atoms with van der Waals surface area (Å²) in [4.78, 5) is 25.1. The monoisotopic (exact) mass is 279 g/mol. The van der Waals surface area contributed by atoms with Gasteiger partial charge in [0, 0.05) is 6.54 Å². The molecule has 0 N–H and O–H groups in total. The van der Waals surface area contributed by atoms with Gasteiger partial charge in [0.2, 0.25) is 0 Å². The average Bonchev–Trinajstić information content (AvgIpc) is 2.65. The summed E-state index contributed by atoms with van der Waals surface area (Å²) in [5, 5.41) is 0. The second-order valence-electron chi connectivity index (χ2n) is 4.45. The van der Waals surface area contributed by atoms with Gasteiger partial charge in [-0.2, -0.15) is 12.6 Å². The lowest BCUT2D eigenvalue weighted by atomic mass is 10.1. The molecular formula is C15H21NO2S. The topological polar surface area (TPSA) is 37.4 Å². The van der Waals surface area contributed by atoms with Crippen LogP contribution in [-0.2, 0) is 0 Å². The molecule has 0 saturated carbocycles. The maximum Gasteiger partial charge on any atom is 0.261 e. The lowest BCUT2D eigenvalue weighted by Crippen LogP contribution is -2.30. The fourth-order valence-electron chi connectivity index (χ4n) is 1.82. The van der Waals surface area contributed by atoms with Crippen LogP contribution in [0.25, 0.3) is 0 Å². The van der Waals surface area contributed by atoms with Crippen molar-refractivity contribution in [3.8, 4) is 0 Å². The van der Waals surface area contributed by atoms with E-state index < -0.39 is 0 Å². The molecule has 2 amide bonds. The summed E-state index contributed by atoms with van der Waals surface area (Å²) < 4.78 is 0. The minimum absolute atomic E-state index is 0.167. The largest absolute Gasteiger partial charge is 0.274 e. The van der Waals surface area contributed by atoms with Gasteiger partial charge in [0.25, 0.3) is 11.8 Å². The summed E-state index contributed by atoms with van der Waals surface area (Å²) in [5.74, 6) is 0.447. The van der Waals surface area contributed by atoms with Gasteiger partial charge in [-0.05, 0) is 30.7 Å². The number of thiol groups is 1. The molecule has 1 aliphatic heterocycles.